The maximum Gasteiger partial charge on any atom is 0.276 e. The van der Waals surface area contributed by atoms with Gasteiger partial charge in [0.15, 0.2) is 0 Å². The number of benzene rings is 2. The van der Waals surface area contributed by atoms with E-state index in [0.717, 1.165) is 18.9 Å². The van der Waals surface area contributed by atoms with Crippen LogP contribution in [-0.4, -0.2) is 19.3 Å². The van der Waals surface area contributed by atoms with Gasteiger partial charge in [0.2, 0.25) is 0 Å². The monoisotopic (exact) mass is 450 g/mol. The Labute approximate surface area is 179 Å². The Morgan fingerprint density at radius 1 is 1.00 bits per heavy atom. The number of hydrogen-bond donors (Lipinski definition) is 1. The number of aromatic amines is 1. The number of H-pyrrole nitrogens is 1. The van der Waals surface area contributed by atoms with Gasteiger partial charge in [-0.05, 0) is 31.0 Å². The third-order valence-electron chi connectivity index (χ3n) is 5.21. The zero-order valence-corrected chi connectivity index (χ0v) is 17.2. The van der Waals surface area contributed by atoms with Gasteiger partial charge in [0.1, 0.15) is 22.3 Å². The summed E-state index contributed by atoms with van der Waals surface area (Å²) in [6.07, 6.45) is 1.78. The van der Waals surface area contributed by atoms with Crippen molar-refractivity contribution in [2.75, 3.05) is 0 Å². The lowest BCUT2D eigenvalue weighted by Crippen LogP contribution is -2.27. The van der Waals surface area contributed by atoms with Gasteiger partial charge in [0, 0.05) is 18.7 Å². The van der Waals surface area contributed by atoms with Crippen LogP contribution in [0.2, 0.25) is 15.2 Å². The molecule has 0 saturated carbocycles. The summed E-state index contributed by atoms with van der Waals surface area (Å²) in [6, 6.07) is 8.32. The van der Waals surface area contributed by atoms with Crippen molar-refractivity contribution in [3.05, 3.63) is 61.7 Å². The fourth-order valence-electron chi connectivity index (χ4n) is 3.86. The average molecular weight is 452 g/mol. The molecule has 0 aliphatic carbocycles. The van der Waals surface area contributed by atoms with Gasteiger partial charge in [0.25, 0.3) is 5.56 Å². The Balaban J connectivity index is 1.83. The van der Waals surface area contributed by atoms with Gasteiger partial charge in [0.05, 0.1) is 26.7 Å². The van der Waals surface area contributed by atoms with Crippen molar-refractivity contribution in [1.82, 2.24) is 19.3 Å². The van der Waals surface area contributed by atoms with E-state index in [2.05, 4.69) is 9.97 Å². The van der Waals surface area contributed by atoms with Crippen LogP contribution in [0.5, 0.6) is 0 Å². The van der Waals surface area contributed by atoms with Crippen LogP contribution in [0.3, 0.4) is 0 Å². The first-order chi connectivity index (χ1) is 14.0. The van der Waals surface area contributed by atoms with Crippen molar-refractivity contribution in [1.29, 1.82) is 0 Å². The zero-order valence-electron chi connectivity index (χ0n) is 15.0. The quantitative estimate of drug-likeness (QED) is 0.422. The molecule has 4 aromatic rings. The molecule has 2 aromatic carbocycles. The lowest BCUT2D eigenvalue weighted by atomic mass is 10.1. The molecular weight excluding hydrogens is 438 g/mol. The standard InChI is InChI=1S/C20H14Cl3FN4O/c21-11-6-2-1-5-10(11)19-25-16-12(22)9-13(24)14(17(16)26-19)15-18(23)27-7-3-4-8-28(27)20(15)29/h1-2,5-6,9H,3-4,7-8H2,(H,25,26). The third-order valence-corrected chi connectivity index (χ3v) is 6.22. The molecule has 9 heteroatoms. The summed E-state index contributed by atoms with van der Waals surface area (Å²) >= 11 is 19.1. The minimum Gasteiger partial charge on any atom is -0.337 e. The summed E-state index contributed by atoms with van der Waals surface area (Å²) in [5.74, 6) is -0.209. The van der Waals surface area contributed by atoms with E-state index >= 15 is 4.39 Å². The molecule has 5 nitrogen and oxygen atoms in total. The second kappa shape index (κ2) is 6.90. The Morgan fingerprint density at radius 2 is 1.72 bits per heavy atom. The predicted molar refractivity (Wildman–Crippen MR) is 113 cm³/mol. The van der Waals surface area contributed by atoms with Crippen LogP contribution in [-0.2, 0) is 13.1 Å². The number of halogens is 4. The minimum atomic E-state index is -0.639. The molecule has 0 amide bonds. The zero-order chi connectivity index (χ0) is 20.3. The molecule has 1 aliphatic rings. The SMILES string of the molecule is O=c1c(-c2c(F)cc(Cl)c3nc(-c4ccccc4Cl)[nH]c23)c(Cl)n2n1CCCC2. The number of hydrogen-bond acceptors (Lipinski definition) is 2. The summed E-state index contributed by atoms with van der Waals surface area (Å²) in [6.45, 7) is 1.16. The number of imidazole rings is 1. The van der Waals surface area contributed by atoms with E-state index in [4.69, 9.17) is 34.8 Å². The van der Waals surface area contributed by atoms with Gasteiger partial charge in [-0.25, -0.2) is 14.1 Å². The molecule has 5 rings (SSSR count). The van der Waals surface area contributed by atoms with Crippen LogP contribution in [0.15, 0.2) is 35.1 Å². The number of nitrogens with one attached hydrogen (secondary N) is 1. The first-order valence-corrected chi connectivity index (χ1v) is 10.2. The summed E-state index contributed by atoms with van der Waals surface area (Å²) in [5, 5.41) is 0.837. The molecule has 29 heavy (non-hydrogen) atoms. The second-order valence-corrected chi connectivity index (χ2v) is 8.10. The molecule has 0 unspecified atom stereocenters. The summed E-state index contributed by atoms with van der Waals surface area (Å²) in [4.78, 5) is 20.7. The molecule has 2 aromatic heterocycles. The van der Waals surface area contributed by atoms with Crippen LogP contribution >= 0.6 is 34.8 Å². The lowest BCUT2D eigenvalue weighted by molar-refractivity contribution is 0.356. The molecule has 0 atom stereocenters. The molecule has 0 saturated heterocycles. The fourth-order valence-corrected chi connectivity index (χ4v) is 4.67. The largest absolute Gasteiger partial charge is 0.337 e. The third kappa shape index (κ3) is 2.81. The average Bonchev–Trinajstić information content (AvgIpc) is 3.25. The topological polar surface area (TPSA) is 55.6 Å². The van der Waals surface area contributed by atoms with Gasteiger partial charge in [-0.15, -0.1) is 0 Å². The van der Waals surface area contributed by atoms with Crippen molar-refractivity contribution < 1.29 is 4.39 Å². The van der Waals surface area contributed by atoms with Crippen molar-refractivity contribution in [2.45, 2.75) is 25.9 Å². The normalized spacial score (nSPS) is 13.8. The first kappa shape index (κ1) is 18.7. The van der Waals surface area contributed by atoms with Crippen LogP contribution in [0, 0.1) is 5.82 Å². The van der Waals surface area contributed by atoms with Gasteiger partial charge in [-0.1, -0.05) is 46.9 Å². The number of nitrogens with zero attached hydrogens (tertiary/aromatic N) is 3. The van der Waals surface area contributed by atoms with Gasteiger partial charge < -0.3 is 4.98 Å². The number of fused-ring (bicyclic) bond motifs is 2. The number of aromatic nitrogens is 4. The van der Waals surface area contributed by atoms with Crippen molar-refractivity contribution in [3.63, 3.8) is 0 Å². The minimum absolute atomic E-state index is 0.0691. The van der Waals surface area contributed by atoms with Crippen LogP contribution in [0.4, 0.5) is 4.39 Å². The molecule has 0 fully saturated rings. The van der Waals surface area contributed by atoms with E-state index in [-0.39, 0.29) is 26.9 Å². The summed E-state index contributed by atoms with van der Waals surface area (Å²) in [5.41, 5.74) is 1.16. The smallest absolute Gasteiger partial charge is 0.276 e. The predicted octanol–water partition coefficient (Wildman–Crippen LogP) is 5.75. The van der Waals surface area contributed by atoms with E-state index in [9.17, 15) is 4.79 Å². The highest BCUT2D eigenvalue weighted by Gasteiger charge is 2.27. The molecular formula is C20H14Cl3FN4O. The Bertz CT molecular complexity index is 1340. The molecule has 0 radical (unpaired) electrons. The van der Waals surface area contributed by atoms with Crippen LogP contribution < -0.4 is 5.56 Å². The highest BCUT2D eigenvalue weighted by molar-refractivity contribution is 6.36. The van der Waals surface area contributed by atoms with Crippen LogP contribution in [0.25, 0.3) is 33.5 Å². The van der Waals surface area contributed by atoms with Crippen molar-refractivity contribution >= 4 is 45.8 Å². The van der Waals surface area contributed by atoms with E-state index in [0.29, 0.717) is 40.5 Å². The first-order valence-electron chi connectivity index (χ1n) is 9.09. The highest BCUT2D eigenvalue weighted by Crippen LogP contribution is 2.39. The van der Waals surface area contributed by atoms with Crippen molar-refractivity contribution in [2.24, 2.45) is 0 Å². The van der Waals surface area contributed by atoms with Gasteiger partial charge in [-0.2, -0.15) is 0 Å². The number of rotatable bonds is 2. The Hall–Kier alpha value is -2.28. The molecule has 1 N–H and O–H groups in total. The van der Waals surface area contributed by atoms with Gasteiger partial charge in [-0.3, -0.25) is 9.48 Å². The van der Waals surface area contributed by atoms with Crippen molar-refractivity contribution in [3.8, 4) is 22.5 Å². The van der Waals surface area contributed by atoms with E-state index < -0.39 is 5.82 Å². The van der Waals surface area contributed by atoms with Crippen LogP contribution in [0.1, 0.15) is 12.8 Å². The highest BCUT2D eigenvalue weighted by atomic mass is 35.5. The molecule has 1 aliphatic heterocycles. The molecule has 0 bridgehead atoms. The summed E-state index contributed by atoms with van der Waals surface area (Å²) < 4.78 is 18.4. The molecule has 148 valence electrons. The van der Waals surface area contributed by atoms with Gasteiger partial charge >= 0.3 is 0 Å². The maximum atomic E-state index is 15.1. The maximum absolute atomic E-state index is 15.1. The molecule has 3 heterocycles. The Morgan fingerprint density at radius 3 is 2.45 bits per heavy atom. The van der Waals surface area contributed by atoms with E-state index in [1.807, 2.05) is 6.07 Å². The van der Waals surface area contributed by atoms with E-state index in [1.165, 1.54) is 0 Å². The lowest BCUT2D eigenvalue weighted by Gasteiger charge is -2.17. The van der Waals surface area contributed by atoms with E-state index in [1.54, 1.807) is 27.6 Å². The fraction of sp³-hybridized carbons (Fsp3) is 0.200. The molecule has 0 spiro atoms. The summed E-state index contributed by atoms with van der Waals surface area (Å²) in [7, 11) is 0. The second-order valence-electron chi connectivity index (χ2n) is 6.93. The Kier molecular flexibility index (Phi) is 4.46.